The Morgan fingerprint density at radius 1 is 1.10 bits per heavy atom. The van der Waals surface area contributed by atoms with E-state index in [1.807, 2.05) is 0 Å². The van der Waals surface area contributed by atoms with Gasteiger partial charge >= 0.3 is 24.1 Å². The van der Waals surface area contributed by atoms with Crippen LogP contribution in [0, 0.1) is 0 Å². The highest BCUT2D eigenvalue weighted by atomic mass is 32.2. The third-order valence-electron chi connectivity index (χ3n) is 6.04. The highest BCUT2D eigenvalue weighted by Crippen LogP contribution is 2.51. The summed E-state index contributed by atoms with van der Waals surface area (Å²) >= 11 is 0.525. The molecule has 0 aliphatic carbocycles. The van der Waals surface area contributed by atoms with E-state index in [0.29, 0.717) is 11.8 Å². The van der Waals surface area contributed by atoms with Crippen LogP contribution in [0.1, 0.15) is 38.8 Å². The standard InChI is InChI=1S/C21H24F3N5O11S/c1-8(30)26-15-13-16(28-18(27-15)41-3-2-21(22,23)24)29(7-25-13)17-20(39,6-12(36)37)19(38,5-11(34)35)14(40-17)9(31)4-10(32)33/h7,9,14,17,31,38-39H,2-6H2,1H3,(H,32,33)(H,34,35)(H,36,37)(H,26,27,28,30)/t9?,14-,17-,19-,20+/m1/s1. The molecule has 1 fully saturated rings. The number of hydrogen-bond acceptors (Lipinski definition) is 12. The summed E-state index contributed by atoms with van der Waals surface area (Å²) < 4.78 is 44.4. The van der Waals surface area contributed by atoms with Crippen LogP contribution < -0.4 is 5.32 Å². The minimum atomic E-state index is -4.51. The number of halogens is 3. The lowest BCUT2D eigenvalue weighted by Gasteiger charge is -2.40. The summed E-state index contributed by atoms with van der Waals surface area (Å²) in [5.74, 6) is -6.66. The first-order valence-electron chi connectivity index (χ1n) is 11.5. The van der Waals surface area contributed by atoms with Gasteiger partial charge < -0.3 is 40.7 Å². The number of amides is 1. The first-order valence-corrected chi connectivity index (χ1v) is 12.5. The number of carboxylic acid groups (broad SMARTS) is 3. The summed E-state index contributed by atoms with van der Waals surface area (Å²) in [6.45, 7) is 1.09. The molecule has 1 saturated heterocycles. The zero-order chi connectivity index (χ0) is 30.9. The van der Waals surface area contributed by atoms with Gasteiger partial charge in [-0.05, 0) is 0 Å². The number of rotatable bonds is 12. The Bertz CT molecular complexity index is 1360. The van der Waals surface area contributed by atoms with Crippen molar-refractivity contribution in [3.05, 3.63) is 6.33 Å². The number of aromatic nitrogens is 4. The van der Waals surface area contributed by atoms with Gasteiger partial charge in [0.15, 0.2) is 34.0 Å². The van der Waals surface area contributed by atoms with Crippen molar-refractivity contribution in [3.63, 3.8) is 0 Å². The van der Waals surface area contributed by atoms with Crippen molar-refractivity contribution >= 4 is 52.6 Å². The van der Waals surface area contributed by atoms with E-state index in [2.05, 4.69) is 20.3 Å². The maximum Gasteiger partial charge on any atom is 0.389 e. The number of nitrogens with one attached hydrogen (secondary N) is 1. The third kappa shape index (κ3) is 6.84. The van der Waals surface area contributed by atoms with E-state index >= 15 is 0 Å². The number of nitrogens with zero attached hydrogens (tertiary/aromatic N) is 4. The largest absolute Gasteiger partial charge is 0.481 e. The SMILES string of the molecule is CC(=O)Nc1nc(SCCC(F)(F)F)nc2c1ncn2[C@@H]1O[C@H](C(O)CC(=O)O)[C@](O)(CC(=O)O)[C@]1(O)CC(=O)O. The number of hydrogen-bond donors (Lipinski definition) is 7. The topological polar surface area (TPSA) is 255 Å². The maximum atomic E-state index is 12.7. The van der Waals surface area contributed by atoms with Crippen LogP contribution >= 0.6 is 11.8 Å². The van der Waals surface area contributed by atoms with Gasteiger partial charge in [-0.2, -0.15) is 13.2 Å². The zero-order valence-corrected chi connectivity index (χ0v) is 21.7. The molecule has 0 radical (unpaired) electrons. The molecule has 16 nitrogen and oxygen atoms in total. The van der Waals surface area contributed by atoms with Crippen LogP contribution in [0.2, 0.25) is 0 Å². The van der Waals surface area contributed by atoms with Crippen molar-refractivity contribution < 1.29 is 67.7 Å². The lowest BCUT2D eigenvalue weighted by molar-refractivity contribution is -0.188. The number of aliphatic carboxylic acids is 3. The molecular weight excluding hydrogens is 587 g/mol. The molecule has 226 valence electrons. The molecule has 3 rings (SSSR count). The Hall–Kier alpha value is -3.59. The van der Waals surface area contributed by atoms with E-state index < -0.39 is 91.1 Å². The lowest BCUT2D eigenvalue weighted by Crippen LogP contribution is -2.62. The van der Waals surface area contributed by atoms with Crippen LogP contribution in [0.3, 0.4) is 0 Å². The molecule has 41 heavy (non-hydrogen) atoms. The van der Waals surface area contributed by atoms with Crippen LogP contribution in [-0.4, -0.2) is 109 Å². The number of ether oxygens (including phenoxy) is 1. The summed E-state index contributed by atoms with van der Waals surface area (Å²) in [5, 5.41) is 63.6. The van der Waals surface area contributed by atoms with E-state index in [1.54, 1.807) is 0 Å². The van der Waals surface area contributed by atoms with Crippen LogP contribution in [0.5, 0.6) is 0 Å². The Morgan fingerprint density at radius 2 is 1.71 bits per heavy atom. The number of aliphatic hydroxyl groups is 3. The predicted molar refractivity (Wildman–Crippen MR) is 128 cm³/mol. The molecule has 20 heteroatoms. The maximum absolute atomic E-state index is 12.7. The molecule has 1 amide bonds. The van der Waals surface area contributed by atoms with Crippen molar-refractivity contribution in [2.45, 2.75) is 73.6 Å². The first kappa shape index (κ1) is 31.9. The second-order valence-electron chi connectivity index (χ2n) is 9.14. The van der Waals surface area contributed by atoms with Crippen molar-refractivity contribution in [1.29, 1.82) is 0 Å². The molecule has 1 aliphatic rings. The number of fused-ring (bicyclic) bond motifs is 1. The highest BCUT2D eigenvalue weighted by Gasteiger charge is 2.69. The molecule has 5 atom stereocenters. The Kier molecular flexibility index (Phi) is 9.13. The number of carbonyl (C=O) groups is 4. The van der Waals surface area contributed by atoms with Crippen LogP contribution in [-0.2, 0) is 23.9 Å². The lowest BCUT2D eigenvalue weighted by atomic mass is 9.73. The molecule has 0 spiro atoms. The minimum Gasteiger partial charge on any atom is -0.481 e. The number of alkyl halides is 3. The monoisotopic (exact) mass is 611 g/mol. The molecule has 2 aromatic rings. The van der Waals surface area contributed by atoms with Gasteiger partial charge in [-0.1, -0.05) is 11.8 Å². The Morgan fingerprint density at radius 3 is 2.24 bits per heavy atom. The quantitative estimate of drug-likeness (QED) is 0.123. The van der Waals surface area contributed by atoms with Gasteiger partial charge in [-0.15, -0.1) is 0 Å². The van der Waals surface area contributed by atoms with E-state index in [4.69, 9.17) is 9.84 Å². The summed E-state index contributed by atoms with van der Waals surface area (Å²) in [4.78, 5) is 58.4. The summed E-state index contributed by atoms with van der Waals surface area (Å²) in [5.41, 5.74) is -6.78. The smallest absolute Gasteiger partial charge is 0.389 e. The average Bonchev–Trinajstić information content (AvgIpc) is 3.28. The molecule has 0 bridgehead atoms. The second kappa shape index (κ2) is 11.7. The van der Waals surface area contributed by atoms with Gasteiger partial charge in [0, 0.05) is 12.7 Å². The Labute approximate surface area is 231 Å². The predicted octanol–water partition coefficient (Wildman–Crippen LogP) is -0.0262. The van der Waals surface area contributed by atoms with Crippen LogP contribution in [0.25, 0.3) is 11.2 Å². The third-order valence-corrected chi connectivity index (χ3v) is 6.89. The van der Waals surface area contributed by atoms with Gasteiger partial charge in [0.25, 0.3) is 0 Å². The molecule has 2 aromatic heterocycles. The van der Waals surface area contributed by atoms with Crippen molar-refractivity contribution in [3.8, 4) is 0 Å². The van der Waals surface area contributed by atoms with Gasteiger partial charge in [0.1, 0.15) is 11.7 Å². The summed E-state index contributed by atoms with van der Waals surface area (Å²) in [6.07, 6.45) is -15.2. The Balaban J connectivity index is 2.22. The van der Waals surface area contributed by atoms with E-state index in [-0.39, 0.29) is 22.1 Å². The number of imidazole rings is 1. The molecule has 0 saturated carbocycles. The van der Waals surface area contributed by atoms with E-state index in [9.17, 15) is 57.9 Å². The summed E-state index contributed by atoms with van der Waals surface area (Å²) in [6, 6.07) is 0. The zero-order valence-electron chi connectivity index (χ0n) is 20.9. The molecule has 1 aliphatic heterocycles. The number of aliphatic hydroxyl groups excluding tert-OH is 1. The number of thioether (sulfide) groups is 1. The van der Waals surface area contributed by atoms with E-state index in [1.165, 1.54) is 0 Å². The van der Waals surface area contributed by atoms with Gasteiger partial charge in [0.05, 0.1) is 38.1 Å². The van der Waals surface area contributed by atoms with Gasteiger partial charge in [0.2, 0.25) is 5.91 Å². The number of carbonyl (C=O) groups excluding carboxylic acids is 1. The first-order chi connectivity index (χ1) is 18.9. The number of anilines is 1. The van der Waals surface area contributed by atoms with E-state index in [0.717, 1.165) is 17.8 Å². The fraction of sp³-hybridized carbons (Fsp3) is 0.571. The van der Waals surface area contributed by atoms with Crippen molar-refractivity contribution in [2.24, 2.45) is 0 Å². The van der Waals surface area contributed by atoms with Gasteiger partial charge in [-0.25, -0.2) is 15.0 Å². The van der Waals surface area contributed by atoms with Crippen molar-refractivity contribution in [2.75, 3.05) is 11.1 Å². The normalized spacial score (nSPS) is 25.2. The second-order valence-corrected chi connectivity index (χ2v) is 10.2. The molecule has 7 N–H and O–H groups in total. The fourth-order valence-corrected chi connectivity index (χ4v) is 5.24. The average molecular weight is 612 g/mol. The van der Waals surface area contributed by atoms with Crippen molar-refractivity contribution in [1.82, 2.24) is 19.5 Å². The highest BCUT2D eigenvalue weighted by molar-refractivity contribution is 7.99. The fourth-order valence-electron chi connectivity index (χ4n) is 4.41. The van der Waals surface area contributed by atoms with Gasteiger partial charge in [-0.3, -0.25) is 23.7 Å². The molecule has 0 aromatic carbocycles. The molecule has 1 unspecified atom stereocenters. The summed E-state index contributed by atoms with van der Waals surface area (Å²) in [7, 11) is 0. The van der Waals surface area contributed by atoms with Crippen LogP contribution in [0.15, 0.2) is 11.5 Å². The molecule has 3 heterocycles. The molecular formula is C21H24F3N5O11S. The van der Waals surface area contributed by atoms with Crippen LogP contribution in [0.4, 0.5) is 19.0 Å². The number of carboxylic acids is 3. The minimum absolute atomic E-state index is 0.224.